The van der Waals surface area contributed by atoms with Crippen molar-refractivity contribution in [3.05, 3.63) is 41.3 Å². The SMILES string of the molecule is Cc1noc(CCNC(=O)c2ccc(F)cc2O)n1. The summed E-state index contributed by atoms with van der Waals surface area (Å²) in [4.78, 5) is 15.7. The third kappa shape index (κ3) is 3.27. The van der Waals surface area contributed by atoms with Crippen molar-refractivity contribution in [2.45, 2.75) is 13.3 Å². The van der Waals surface area contributed by atoms with Gasteiger partial charge in [0.05, 0.1) is 5.56 Å². The maximum atomic E-state index is 12.8. The molecular formula is C12H12FN3O3. The number of aryl methyl sites for hydroxylation is 1. The van der Waals surface area contributed by atoms with E-state index in [1.165, 1.54) is 6.07 Å². The van der Waals surface area contributed by atoms with Crippen LogP contribution in [0.15, 0.2) is 22.7 Å². The van der Waals surface area contributed by atoms with Crippen LogP contribution in [0.2, 0.25) is 0 Å². The molecule has 7 heteroatoms. The van der Waals surface area contributed by atoms with E-state index in [1.54, 1.807) is 6.92 Å². The van der Waals surface area contributed by atoms with Crippen LogP contribution in [0.4, 0.5) is 4.39 Å². The van der Waals surface area contributed by atoms with Crippen LogP contribution in [0, 0.1) is 12.7 Å². The van der Waals surface area contributed by atoms with Crippen molar-refractivity contribution in [3.8, 4) is 5.75 Å². The van der Waals surface area contributed by atoms with Crippen molar-refractivity contribution in [1.29, 1.82) is 0 Å². The van der Waals surface area contributed by atoms with Crippen LogP contribution >= 0.6 is 0 Å². The van der Waals surface area contributed by atoms with E-state index in [2.05, 4.69) is 15.5 Å². The lowest BCUT2D eigenvalue weighted by Crippen LogP contribution is -2.25. The van der Waals surface area contributed by atoms with Crippen molar-refractivity contribution in [1.82, 2.24) is 15.5 Å². The molecule has 0 fully saturated rings. The topological polar surface area (TPSA) is 88.2 Å². The first-order chi connectivity index (χ1) is 9.06. The number of nitrogens with zero attached hydrogens (tertiary/aromatic N) is 2. The van der Waals surface area contributed by atoms with Gasteiger partial charge in [0.15, 0.2) is 5.82 Å². The van der Waals surface area contributed by atoms with E-state index in [-0.39, 0.29) is 12.1 Å². The third-order valence-electron chi connectivity index (χ3n) is 2.40. The van der Waals surface area contributed by atoms with E-state index in [0.29, 0.717) is 18.1 Å². The molecule has 1 amide bonds. The van der Waals surface area contributed by atoms with Gasteiger partial charge in [-0.25, -0.2) is 4.39 Å². The molecule has 0 radical (unpaired) electrons. The monoisotopic (exact) mass is 265 g/mol. The van der Waals surface area contributed by atoms with Crippen LogP contribution in [0.1, 0.15) is 22.1 Å². The van der Waals surface area contributed by atoms with Gasteiger partial charge in [-0.05, 0) is 19.1 Å². The number of rotatable bonds is 4. The molecule has 19 heavy (non-hydrogen) atoms. The zero-order chi connectivity index (χ0) is 13.8. The second-order valence-corrected chi connectivity index (χ2v) is 3.90. The molecule has 0 saturated carbocycles. The molecule has 1 heterocycles. The Morgan fingerprint density at radius 1 is 1.53 bits per heavy atom. The number of nitrogens with one attached hydrogen (secondary N) is 1. The number of aromatic hydroxyl groups is 1. The molecule has 0 bridgehead atoms. The van der Waals surface area contributed by atoms with Crippen LogP contribution < -0.4 is 5.32 Å². The highest BCUT2D eigenvalue weighted by molar-refractivity contribution is 5.96. The standard InChI is InChI=1S/C12H12FN3O3/c1-7-15-11(19-16-7)4-5-14-12(18)9-3-2-8(13)6-10(9)17/h2-3,6,17H,4-5H2,1H3,(H,14,18). The highest BCUT2D eigenvalue weighted by Crippen LogP contribution is 2.17. The van der Waals surface area contributed by atoms with E-state index in [1.807, 2.05) is 0 Å². The number of aromatic nitrogens is 2. The van der Waals surface area contributed by atoms with Gasteiger partial charge in [-0.1, -0.05) is 5.16 Å². The number of carbonyl (C=O) groups is 1. The summed E-state index contributed by atoms with van der Waals surface area (Å²) in [5, 5.41) is 15.6. The van der Waals surface area contributed by atoms with Gasteiger partial charge in [-0.3, -0.25) is 4.79 Å². The third-order valence-corrected chi connectivity index (χ3v) is 2.40. The first-order valence-corrected chi connectivity index (χ1v) is 5.62. The molecule has 0 atom stereocenters. The molecule has 0 aliphatic rings. The predicted octanol–water partition coefficient (Wildman–Crippen LogP) is 1.20. The molecule has 2 N–H and O–H groups in total. The number of carbonyl (C=O) groups excluding carboxylic acids is 1. The van der Waals surface area contributed by atoms with Crippen molar-refractivity contribution in [3.63, 3.8) is 0 Å². The Morgan fingerprint density at radius 2 is 2.32 bits per heavy atom. The zero-order valence-corrected chi connectivity index (χ0v) is 10.2. The molecule has 0 saturated heterocycles. The first-order valence-electron chi connectivity index (χ1n) is 5.62. The molecular weight excluding hydrogens is 253 g/mol. The minimum absolute atomic E-state index is 0.0168. The fraction of sp³-hybridized carbons (Fsp3) is 0.250. The van der Waals surface area contributed by atoms with Crippen LogP contribution in [0.25, 0.3) is 0 Å². The number of benzene rings is 1. The van der Waals surface area contributed by atoms with Gasteiger partial charge in [-0.2, -0.15) is 4.98 Å². The lowest BCUT2D eigenvalue weighted by molar-refractivity contribution is 0.0950. The van der Waals surface area contributed by atoms with Crippen molar-refractivity contribution in [2.75, 3.05) is 6.54 Å². The van der Waals surface area contributed by atoms with E-state index in [4.69, 9.17) is 4.52 Å². The highest BCUT2D eigenvalue weighted by Gasteiger charge is 2.11. The molecule has 100 valence electrons. The number of hydrogen-bond donors (Lipinski definition) is 2. The molecule has 0 aliphatic carbocycles. The van der Waals surface area contributed by atoms with E-state index < -0.39 is 17.5 Å². The quantitative estimate of drug-likeness (QED) is 0.867. The Hall–Kier alpha value is -2.44. The second kappa shape index (κ2) is 5.47. The van der Waals surface area contributed by atoms with Gasteiger partial charge >= 0.3 is 0 Å². The van der Waals surface area contributed by atoms with Crippen molar-refractivity contribution < 1.29 is 18.8 Å². The normalized spacial score (nSPS) is 10.4. The summed E-state index contributed by atoms with van der Waals surface area (Å²) >= 11 is 0. The molecule has 6 nitrogen and oxygen atoms in total. The molecule has 1 aromatic carbocycles. The Bertz CT molecular complexity index is 598. The molecule has 2 rings (SSSR count). The van der Waals surface area contributed by atoms with Gasteiger partial charge in [0.1, 0.15) is 11.6 Å². The Kier molecular flexibility index (Phi) is 3.74. The molecule has 1 aromatic heterocycles. The highest BCUT2D eigenvalue weighted by atomic mass is 19.1. The summed E-state index contributed by atoms with van der Waals surface area (Å²) in [6.07, 6.45) is 0.383. The van der Waals surface area contributed by atoms with Crippen molar-refractivity contribution >= 4 is 5.91 Å². The zero-order valence-electron chi connectivity index (χ0n) is 10.2. The minimum Gasteiger partial charge on any atom is -0.507 e. The predicted molar refractivity (Wildman–Crippen MR) is 63.1 cm³/mol. The summed E-state index contributed by atoms with van der Waals surface area (Å²) in [7, 11) is 0. The van der Waals surface area contributed by atoms with Crippen LogP contribution in [0.5, 0.6) is 5.75 Å². The van der Waals surface area contributed by atoms with E-state index in [0.717, 1.165) is 12.1 Å². The van der Waals surface area contributed by atoms with Crippen LogP contribution in [-0.4, -0.2) is 27.7 Å². The lowest BCUT2D eigenvalue weighted by atomic mass is 10.2. The number of phenolic OH excluding ortho intramolecular Hbond substituents is 1. The number of halogens is 1. The van der Waals surface area contributed by atoms with E-state index >= 15 is 0 Å². The minimum atomic E-state index is -0.601. The number of amides is 1. The van der Waals surface area contributed by atoms with E-state index in [9.17, 15) is 14.3 Å². The maximum absolute atomic E-state index is 12.8. The summed E-state index contributed by atoms with van der Waals surface area (Å²) in [5.41, 5.74) is 0.0168. The average Bonchev–Trinajstić information content (AvgIpc) is 2.75. The smallest absolute Gasteiger partial charge is 0.255 e. The first kappa shape index (κ1) is 13.0. The van der Waals surface area contributed by atoms with Crippen LogP contribution in [0.3, 0.4) is 0 Å². The summed E-state index contributed by atoms with van der Waals surface area (Å²) in [5.74, 6) is -0.547. The maximum Gasteiger partial charge on any atom is 0.255 e. The Balaban J connectivity index is 1.90. The largest absolute Gasteiger partial charge is 0.507 e. The summed E-state index contributed by atoms with van der Waals surface area (Å²) in [6.45, 7) is 1.97. The van der Waals surface area contributed by atoms with Crippen molar-refractivity contribution in [2.24, 2.45) is 0 Å². The van der Waals surface area contributed by atoms with Crippen LogP contribution in [-0.2, 0) is 6.42 Å². The summed E-state index contributed by atoms with van der Waals surface area (Å²) in [6, 6.07) is 3.21. The van der Waals surface area contributed by atoms with Gasteiger partial charge in [-0.15, -0.1) is 0 Å². The molecule has 0 unspecified atom stereocenters. The fourth-order valence-electron chi connectivity index (χ4n) is 1.52. The molecule has 0 aliphatic heterocycles. The Labute approximate surface area is 108 Å². The van der Waals surface area contributed by atoms with Gasteiger partial charge < -0.3 is 14.9 Å². The Morgan fingerprint density at radius 3 is 2.95 bits per heavy atom. The fourth-order valence-corrected chi connectivity index (χ4v) is 1.52. The lowest BCUT2D eigenvalue weighted by Gasteiger charge is -2.05. The second-order valence-electron chi connectivity index (χ2n) is 3.90. The van der Waals surface area contributed by atoms with Gasteiger partial charge in [0.2, 0.25) is 5.89 Å². The van der Waals surface area contributed by atoms with Gasteiger partial charge in [0, 0.05) is 19.0 Å². The molecule has 2 aromatic rings. The molecule has 0 spiro atoms. The summed E-state index contributed by atoms with van der Waals surface area (Å²) < 4.78 is 17.6. The van der Waals surface area contributed by atoms with Gasteiger partial charge in [0.25, 0.3) is 5.91 Å². The average molecular weight is 265 g/mol. The number of phenols is 1. The number of hydrogen-bond acceptors (Lipinski definition) is 5.